The van der Waals surface area contributed by atoms with Gasteiger partial charge in [0.15, 0.2) is 17.5 Å². The molecule has 0 saturated heterocycles. The number of aliphatic carboxylic acids is 1. The van der Waals surface area contributed by atoms with Gasteiger partial charge in [0.1, 0.15) is 6.61 Å². The Balaban J connectivity index is 0.000000396. The summed E-state index contributed by atoms with van der Waals surface area (Å²) >= 11 is 0. The summed E-state index contributed by atoms with van der Waals surface area (Å²) in [7, 11) is 4.07. The quantitative estimate of drug-likeness (QED) is 0.673. The van der Waals surface area contributed by atoms with Crippen molar-refractivity contribution in [3.63, 3.8) is 0 Å². The van der Waals surface area contributed by atoms with Crippen LogP contribution in [0.2, 0.25) is 0 Å². The molecular formula is C17H24F3N7O3. The van der Waals surface area contributed by atoms with Crippen LogP contribution in [0.1, 0.15) is 17.3 Å². The lowest BCUT2D eigenvalue weighted by Crippen LogP contribution is -2.35. The second-order valence-corrected chi connectivity index (χ2v) is 6.80. The number of nitrogens with zero attached hydrogens (tertiary/aromatic N) is 7. The minimum atomic E-state index is -5.08. The molecule has 1 aliphatic rings. The van der Waals surface area contributed by atoms with Gasteiger partial charge in [0.2, 0.25) is 0 Å². The van der Waals surface area contributed by atoms with E-state index in [1.54, 1.807) is 0 Å². The fraction of sp³-hybridized carbons (Fsp3) is 0.588. The summed E-state index contributed by atoms with van der Waals surface area (Å²) in [5, 5.41) is 24.1. The van der Waals surface area contributed by atoms with Crippen LogP contribution in [0.3, 0.4) is 0 Å². The van der Waals surface area contributed by atoms with E-state index >= 15 is 0 Å². The largest absolute Gasteiger partial charge is 0.490 e. The van der Waals surface area contributed by atoms with Gasteiger partial charge in [0, 0.05) is 19.6 Å². The molecule has 3 heterocycles. The Hall–Kier alpha value is -2.80. The molecule has 0 aliphatic carbocycles. The second-order valence-electron chi connectivity index (χ2n) is 6.80. The summed E-state index contributed by atoms with van der Waals surface area (Å²) in [6.07, 6.45) is -5.08. The average molecular weight is 431 g/mol. The smallest absolute Gasteiger partial charge is 0.475 e. The Morgan fingerprint density at radius 1 is 1.20 bits per heavy atom. The summed E-state index contributed by atoms with van der Waals surface area (Å²) in [5.74, 6) is -0.0284. The monoisotopic (exact) mass is 431 g/mol. The number of likely N-dealkylation sites (N-methyl/N-ethyl adjacent to an activating group) is 1. The van der Waals surface area contributed by atoms with E-state index in [2.05, 4.69) is 34.8 Å². The van der Waals surface area contributed by atoms with Gasteiger partial charge in [-0.25, -0.2) is 4.79 Å². The molecule has 1 N–H and O–H groups in total. The van der Waals surface area contributed by atoms with E-state index in [0.29, 0.717) is 19.8 Å². The van der Waals surface area contributed by atoms with Crippen LogP contribution in [0.15, 0.2) is 12.1 Å². The van der Waals surface area contributed by atoms with E-state index in [1.165, 1.54) is 0 Å². The molecular weight excluding hydrogens is 407 g/mol. The molecule has 0 radical (unpaired) electrons. The highest BCUT2D eigenvalue weighted by Crippen LogP contribution is 2.18. The Morgan fingerprint density at radius 3 is 2.47 bits per heavy atom. The first-order valence-electron chi connectivity index (χ1n) is 9.06. The van der Waals surface area contributed by atoms with Crippen LogP contribution in [-0.2, 0) is 29.2 Å². The van der Waals surface area contributed by atoms with Gasteiger partial charge in [-0.2, -0.15) is 18.3 Å². The van der Waals surface area contributed by atoms with Gasteiger partial charge in [-0.15, -0.1) is 15.3 Å². The van der Waals surface area contributed by atoms with Gasteiger partial charge >= 0.3 is 12.1 Å². The fourth-order valence-corrected chi connectivity index (χ4v) is 2.49. The Kier molecular flexibility index (Phi) is 8.06. The van der Waals surface area contributed by atoms with Crippen molar-refractivity contribution in [2.75, 3.05) is 38.7 Å². The number of hydrogen-bond donors (Lipinski definition) is 1. The average Bonchev–Trinajstić information content (AvgIpc) is 3.07. The number of halogens is 3. The van der Waals surface area contributed by atoms with E-state index < -0.39 is 12.1 Å². The lowest BCUT2D eigenvalue weighted by Gasteiger charge is -2.28. The van der Waals surface area contributed by atoms with Crippen LogP contribution in [-0.4, -0.2) is 80.9 Å². The maximum absolute atomic E-state index is 10.6. The fourth-order valence-electron chi connectivity index (χ4n) is 2.49. The molecule has 0 saturated carbocycles. The third-order valence-electron chi connectivity index (χ3n) is 4.09. The minimum Gasteiger partial charge on any atom is -0.475 e. The number of carboxylic acids is 1. The van der Waals surface area contributed by atoms with Gasteiger partial charge in [0.25, 0.3) is 0 Å². The van der Waals surface area contributed by atoms with Gasteiger partial charge in [-0.05, 0) is 33.2 Å². The highest BCUT2D eigenvalue weighted by atomic mass is 19.4. The Morgan fingerprint density at radius 2 is 1.90 bits per heavy atom. The van der Waals surface area contributed by atoms with E-state index in [9.17, 15) is 13.2 Å². The molecule has 0 bridgehead atoms. The molecule has 13 heteroatoms. The van der Waals surface area contributed by atoms with Gasteiger partial charge in [-0.3, -0.25) is 0 Å². The van der Waals surface area contributed by atoms with Crippen LogP contribution in [0.5, 0.6) is 0 Å². The highest BCUT2D eigenvalue weighted by molar-refractivity contribution is 5.73. The molecule has 1 aliphatic heterocycles. The molecule has 0 unspecified atom stereocenters. The van der Waals surface area contributed by atoms with Gasteiger partial charge < -0.3 is 24.2 Å². The van der Waals surface area contributed by atoms with Crippen molar-refractivity contribution in [3.8, 4) is 0 Å². The predicted octanol–water partition coefficient (Wildman–Crippen LogP) is 1.11. The molecule has 166 valence electrons. The summed E-state index contributed by atoms with van der Waals surface area (Å²) in [6, 6.07) is 3.98. The standard InChI is InChI=1S/C15H23N7O.C2HF3O2/c1-12-4-5-13(17-16-12)21-6-7-22-14(10-21)18-19-15(22)11-23-9-8-20(2)3;3-2(4,5)1(6)7/h4-5H,6-11H2,1-3H3;(H,6,7). The highest BCUT2D eigenvalue weighted by Gasteiger charge is 2.38. The summed E-state index contributed by atoms with van der Waals surface area (Å²) in [6.45, 7) is 6.44. The topological polar surface area (TPSA) is 110 Å². The molecule has 2 aromatic rings. The molecule has 3 rings (SSSR count). The summed E-state index contributed by atoms with van der Waals surface area (Å²) in [4.78, 5) is 13.2. The number of aromatic nitrogens is 5. The van der Waals surface area contributed by atoms with E-state index in [0.717, 1.165) is 42.8 Å². The van der Waals surface area contributed by atoms with E-state index in [1.807, 2.05) is 33.2 Å². The third kappa shape index (κ3) is 6.91. The van der Waals surface area contributed by atoms with Crippen molar-refractivity contribution in [2.45, 2.75) is 32.8 Å². The minimum absolute atomic E-state index is 0.505. The zero-order valence-corrected chi connectivity index (χ0v) is 16.9. The Bertz CT molecular complexity index is 825. The van der Waals surface area contributed by atoms with Crippen molar-refractivity contribution in [3.05, 3.63) is 29.5 Å². The summed E-state index contributed by atoms with van der Waals surface area (Å²) < 4.78 is 39.6. The molecule has 0 atom stereocenters. The number of hydrogen-bond acceptors (Lipinski definition) is 8. The first-order valence-corrected chi connectivity index (χ1v) is 9.06. The zero-order valence-electron chi connectivity index (χ0n) is 16.9. The number of anilines is 1. The van der Waals surface area contributed by atoms with Crippen molar-refractivity contribution in [1.29, 1.82) is 0 Å². The number of fused-ring (bicyclic) bond motifs is 1. The lowest BCUT2D eigenvalue weighted by atomic mass is 10.3. The SMILES string of the molecule is Cc1ccc(N2CCn3c(COCCN(C)C)nnc3C2)nn1.O=C(O)C(F)(F)F. The number of alkyl halides is 3. The molecule has 10 nitrogen and oxygen atoms in total. The number of carbonyl (C=O) groups is 1. The van der Waals surface area contributed by atoms with Crippen LogP contribution in [0.25, 0.3) is 0 Å². The molecule has 0 spiro atoms. The first kappa shape index (κ1) is 23.5. The Labute approximate surface area is 171 Å². The van der Waals surface area contributed by atoms with Crippen molar-refractivity contribution < 1.29 is 27.8 Å². The van der Waals surface area contributed by atoms with Gasteiger partial charge in [-0.1, -0.05) is 0 Å². The van der Waals surface area contributed by atoms with Crippen molar-refractivity contribution in [2.24, 2.45) is 0 Å². The van der Waals surface area contributed by atoms with E-state index in [4.69, 9.17) is 14.6 Å². The predicted molar refractivity (Wildman–Crippen MR) is 99.7 cm³/mol. The van der Waals surface area contributed by atoms with Crippen LogP contribution >= 0.6 is 0 Å². The zero-order chi connectivity index (χ0) is 22.3. The second kappa shape index (κ2) is 10.3. The molecule has 2 aromatic heterocycles. The van der Waals surface area contributed by atoms with Gasteiger partial charge in [0.05, 0.1) is 18.8 Å². The summed E-state index contributed by atoms with van der Waals surface area (Å²) in [5.41, 5.74) is 0.922. The van der Waals surface area contributed by atoms with Crippen LogP contribution in [0, 0.1) is 6.92 Å². The van der Waals surface area contributed by atoms with E-state index in [-0.39, 0.29) is 0 Å². The molecule has 30 heavy (non-hydrogen) atoms. The van der Waals surface area contributed by atoms with Crippen molar-refractivity contribution >= 4 is 11.8 Å². The van der Waals surface area contributed by atoms with Crippen LogP contribution in [0.4, 0.5) is 19.0 Å². The number of aryl methyl sites for hydroxylation is 1. The molecule has 0 amide bonds. The number of rotatable bonds is 6. The number of carboxylic acid groups (broad SMARTS) is 1. The maximum atomic E-state index is 10.6. The molecule has 0 fully saturated rings. The number of ether oxygens (including phenoxy) is 1. The van der Waals surface area contributed by atoms with Crippen molar-refractivity contribution in [1.82, 2.24) is 29.9 Å². The molecule has 0 aromatic carbocycles. The first-order chi connectivity index (χ1) is 14.1. The lowest BCUT2D eigenvalue weighted by molar-refractivity contribution is -0.192. The normalized spacial score (nSPS) is 13.6. The van der Waals surface area contributed by atoms with Crippen LogP contribution < -0.4 is 4.90 Å². The maximum Gasteiger partial charge on any atom is 0.490 e. The third-order valence-corrected chi connectivity index (χ3v) is 4.09.